The lowest BCUT2D eigenvalue weighted by Crippen LogP contribution is -2.33. The maximum absolute atomic E-state index is 11.2. The Hall–Kier alpha value is -0.950. The first-order chi connectivity index (χ1) is 5.94. The van der Waals surface area contributed by atoms with Crippen molar-refractivity contribution in [2.24, 2.45) is 5.84 Å². The van der Waals surface area contributed by atoms with Crippen LogP contribution in [0.25, 0.3) is 0 Å². The van der Waals surface area contributed by atoms with Crippen molar-refractivity contribution < 1.29 is 13.6 Å². The zero-order chi connectivity index (χ0) is 10.1. The Morgan fingerprint density at radius 2 is 1.77 bits per heavy atom. The molecular weight excluding hydrogens is 192 g/mol. The highest BCUT2D eigenvalue weighted by Crippen LogP contribution is 2.11. The first-order valence-corrected chi connectivity index (χ1v) is 4.94. The van der Waals surface area contributed by atoms with Crippen molar-refractivity contribution in [1.82, 2.24) is 4.58 Å². The van der Waals surface area contributed by atoms with Gasteiger partial charge in [0.2, 0.25) is 0 Å². The molecule has 0 heterocycles. The van der Waals surface area contributed by atoms with Crippen molar-refractivity contribution in [1.29, 1.82) is 0 Å². The standard InChI is InChI=1S/C7H10N2O3S/c1-6-2-4-7(5-3-6)13(11,12)9(8)10/h2-5,10H,8H2,1H3. The number of hydrazine groups is 1. The lowest BCUT2D eigenvalue weighted by Gasteiger charge is -2.08. The molecule has 0 fully saturated rings. The lowest BCUT2D eigenvalue weighted by atomic mass is 10.2. The SMILES string of the molecule is Cc1ccc(S(=O)(=O)N(N)O)cc1. The van der Waals surface area contributed by atoms with Crippen molar-refractivity contribution in [3.05, 3.63) is 29.8 Å². The van der Waals surface area contributed by atoms with E-state index in [-0.39, 0.29) is 9.47 Å². The van der Waals surface area contributed by atoms with Gasteiger partial charge in [0.15, 0.2) is 0 Å². The molecule has 0 saturated carbocycles. The predicted octanol–water partition coefficient (Wildman–Crippen LogP) is 0.249. The average Bonchev–Trinajstić information content (AvgIpc) is 2.04. The van der Waals surface area contributed by atoms with E-state index in [1.807, 2.05) is 6.92 Å². The number of aryl methyl sites for hydroxylation is 1. The highest BCUT2D eigenvalue weighted by Gasteiger charge is 2.18. The summed E-state index contributed by atoms with van der Waals surface area (Å²) in [5.74, 6) is 4.74. The zero-order valence-corrected chi connectivity index (χ0v) is 7.82. The van der Waals surface area contributed by atoms with E-state index in [1.165, 1.54) is 12.1 Å². The third-order valence-electron chi connectivity index (χ3n) is 1.57. The summed E-state index contributed by atoms with van der Waals surface area (Å²) in [5.41, 5.74) is 0.931. The smallest absolute Gasteiger partial charge is 0.278 e. The van der Waals surface area contributed by atoms with Gasteiger partial charge in [-0.1, -0.05) is 17.7 Å². The quantitative estimate of drug-likeness (QED) is 0.532. The minimum Gasteiger partial charge on any atom is -0.285 e. The van der Waals surface area contributed by atoms with E-state index in [9.17, 15) is 8.42 Å². The molecule has 1 aromatic rings. The molecular formula is C7H10N2O3S. The molecule has 1 rings (SSSR count). The number of nitrogens with two attached hydrogens (primary N) is 1. The molecule has 0 aliphatic carbocycles. The number of nitrogens with zero attached hydrogens (tertiary/aromatic N) is 1. The van der Waals surface area contributed by atoms with Crippen LogP contribution in [0.3, 0.4) is 0 Å². The van der Waals surface area contributed by atoms with Gasteiger partial charge in [0.05, 0.1) is 4.90 Å². The molecule has 5 nitrogen and oxygen atoms in total. The van der Waals surface area contributed by atoms with Crippen LogP contribution in [-0.4, -0.2) is 18.2 Å². The van der Waals surface area contributed by atoms with Crippen LogP contribution >= 0.6 is 0 Å². The summed E-state index contributed by atoms with van der Waals surface area (Å²) in [7, 11) is -3.93. The second kappa shape index (κ2) is 3.43. The van der Waals surface area contributed by atoms with Crippen LogP contribution in [0.2, 0.25) is 0 Å². The Morgan fingerprint density at radius 3 is 2.15 bits per heavy atom. The van der Waals surface area contributed by atoms with E-state index in [1.54, 1.807) is 12.1 Å². The summed E-state index contributed by atoms with van der Waals surface area (Å²) in [6.45, 7) is 1.83. The molecule has 0 unspecified atom stereocenters. The summed E-state index contributed by atoms with van der Waals surface area (Å²) in [6.07, 6.45) is 0. The van der Waals surface area contributed by atoms with E-state index in [0.717, 1.165) is 5.56 Å². The van der Waals surface area contributed by atoms with Crippen LogP contribution in [0, 0.1) is 6.92 Å². The summed E-state index contributed by atoms with van der Waals surface area (Å²) in [6, 6.07) is 5.99. The second-order valence-corrected chi connectivity index (χ2v) is 4.39. The molecule has 0 atom stereocenters. The Bertz CT molecular complexity index is 383. The highest BCUT2D eigenvalue weighted by molar-refractivity contribution is 7.88. The molecule has 72 valence electrons. The fourth-order valence-corrected chi connectivity index (χ4v) is 1.51. The molecule has 0 aliphatic heterocycles. The number of rotatable bonds is 2. The number of benzene rings is 1. The summed E-state index contributed by atoms with van der Waals surface area (Å²) in [5, 5.41) is 8.63. The predicted molar refractivity (Wildman–Crippen MR) is 46.2 cm³/mol. The van der Waals surface area contributed by atoms with E-state index >= 15 is 0 Å². The molecule has 3 N–H and O–H groups in total. The average molecular weight is 202 g/mol. The third-order valence-corrected chi connectivity index (χ3v) is 2.93. The van der Waals surface area contributed by atoms with Gasteiger partial charge in [0.25, 0.3) is 10.0 Å². The largest absolute Gasteiger partial charge is 0.285 e. The van der Waals surface area contributed by atoms with Gasteiger partial charge in [-0.15, -0.1) is 0 Å². The normalized spacial score (nSPS) is 12.0. The van der Waals surface area contributed by atoms with Gasteiger partial charge in [0, 0.05) is 0 Å². The molecule has 0 amide bonds. The van der Waals surface area contributed by atoms with Crippen molar-refractivity contribution in [2.45, 2.75) is 11.8 Å². The topological polar surface area (TPSA) is 83.6 Å². The molecule has 0 radical (unpaired) electrons. The first kappa shape index (κ1) is 10.1. The molecule has 0 spiro atoms. The summed E-state index contributed by atoms with van der Waals surface area (Å²) in [4.78, 5) is -0.0388. The Kier molecular flexibility index (Phi) is 2.67. The molecule has 0 aliphatic rings. The zero-order valence-electron chi connectivity index (χ0n) is 7.01. The van der Waals surface area contributed by atoms with Crippen LogP contribution in [0.15, 0.2) is 29.2 Å². The number of hydrogen-bond acceptors (Lipinski definition) is 4. The molecule has 0 aromatic heterocycles. The van der Waals surface area contributed by atoms with Crippen LogP contribution < -0.4 is 5.84 Å². The fraction of sp³-hybridized carbons (Fsp3) is 0.143. The summed E-state index contributed by atoms with van der Waals surface area (Å²) >= 11 is 0. The maximum atomic E-state index is 11.2. The summed E-state index contributed by atoms with van der Waals surface area (Å²) < 4.78 is 22.1. The van der Waals surface area contributed by atoms with E-state index in [4.69, 9.17) is 11.0 Å². The van der Waals surface area contributed by atoms with E-state index in [0.29, 0.717) is 0 Å². The van der Waals surface area contributed by atoms with E-state index < -0.39 is 10.0 Å². The van der Waals surface area contributed by atoms with E-state index in [2.05, 4.69) is 0 Å². The van der Waals surface area contributed by atoms with Crippen LogP contribution in [0.1, 0.15) is 5.56 Å². The Labute approximate surface area is 76.4 Å². The fourth-order valence-electron chi connectivity index (χ4n) is 0.818. The van der Waals surface area contributed by atoms with Gasteiger partial charge in [-0.05, 0) is 23.6 Å². The van der Waals surface area contributed by atoms with Gasteiger partial charge in [-0.3, -0.25) is 5.21 Å². The van der Waals surface area contributed by atoms with Crippen molar-refractivity contribution >= 4 is 10.0 Å². The number of hydrogen-bond donors (Lipinski definition) is 2. The minimum absolute atomic E-state index is 0.0388. The van der Waals surface area contributed by atoms with Crippen LogP contribution in [-0.2, 0) is 10.0 Å². The first-order valence-electron chi connectivity index (χ1n) is 3.50. The van der Waals surface area contributed by atoms with Crippen molar-refractivity contribution in [3.8, 4) is 0 Å². The van der Waals surface area contributed by atoms with Crippen LogP contribution in [0.5, 0.6) is 0 Å². The lowest BCUT2D eigenvalue weighted by molar-refractivity contribution is 0.00245. The van der Waals surface area contributed by atoms with Gasteiger partial charge in [0.1, 0.15) is 0 Å². The highest BCUT2D eigenvalue weighted by atomic mass is 32.2. The van der Waals surface area contributed by atoms with Crippen molar-refractivity contribution in [3.63, 3.8) is 0 Å². The molecule has 6 heteroatoms. The molecule has 0 bridgehead atoms. The second-order valence-electron chi connectivity index (χ2n) is 2.59. The Morgan fingerprint density at radius 1 is 1.31 bits per heavy atom. The Balaban J connectivity index is 3.17. The minimum atomic E-state index is -3.93. The van der Waals surface area contributed by atoms with Gasteiger partial charge >= 0.3 is 0 Å². The number of sulfonamides is 1. The molecule has 13 heavy (non-hydrogen) atoms. The van der Waals surface area contributed by atoms with Gasteiger partial charge in [-0.25, -0.2) is 14.3 Å². The van der Waals surface area contributed by atoms with Crippen LogP contribution in [0.4, 0.5) is 0 Å². The van der Waals surface area contributed by atoms with Crippen molar-refractivity contribution in [2.75, 3.05) is 0 Å². The molecule has 1 aromatic carbocycles. The maximum Gasteiger partial charge on any atom is 0.278 e. The molecule has 0 saturated heterocycles. The monoisotopic (exact) mass is 202 g/mol. The van der Waals surface area contributed by atoms with Gasteiger partial charge in [-0.2, -0.15) is 0 Å². The van der Waals surface area contributed by atoms with Gasteiger partial charge < -0.3 is 0 Å². The third kappa shape index (κ3) is 2.04.